The van der Waals surface area contributed by atoms with Crippen LogP contribution in [0.3, 0.4) is 0 Å². The highest BCUT2D eigenvalue weighted by atomic mass is 19.4. The van der Waals surface area contributed by atoms with E-state index in [4.69, 9.17) is 4.74 Å². The number of alkyl halides is 3. The minimum absolute atomic E-state index is 0.0205. The molecule has 0 saturated carbocycles. The minimum atomic E-state index is -4.47. The zero-order valence-electron chi connectivity index (χ0n) is 11.8. The van der Waals surface area contributed by atoms with Gasteiger partial charge in [-0.1, -0.05) is 6.92 Å². The van der Waals surface area contributed by atoms with E-state index in [0.717, 1.165) is 31.4 Å². The lowest BCUT2D eigenvalue weighted by Crippen LogP contribution is -2.41. The van der Waals surface area contributed by atoms with Crippen LogP contribution in [-0.4, -0.2) is 30.6 Å². The van der Waals surface area contributed by atoms with Gasteiger partial charge in [-0.25, -0.2) is 0 Å². The van der Waals surface area contributed by atoms with Crippen molar-refractivity contribution >= 4 is 5.91 Å². The number of rotatable bonds is 4. The highest BCUT2D eigenvalue weighted by molar-refractivity contribution is 5.92. The molecule has 118 valence electrons. The van der Waals surface area contributed by atoms with Crippen molar-refractivity contribution in [1.82, 2.24) is 10.3 Å². The Morgan fingerprint density at radius 1 is 1.38 bits per heavy atom. The van der Waals surface area contributed by atoms with Crippen LogP contribution in [0.15, 0.2) is 12.1 Å². The first kappa shape index (κ1) is 15.9. The van der Waals surface area contributed by atoms with Crippen molar-refractivity contribution in [2.45, 2.75) is 32.4 Å². The molecule has 2 rings (SSSR count). The van der Waals surface area contributed by atoms with Crippen LogP contribution in [-0.2, 0) is 10.9 Å². The third-order valence-electron chi connectivity index (χ3n) is 4.16. The third kappa shape index (κ3) is 3.78. The summed E-state index contributed by atoms with van der Waals surface area (Å²) in [5.74, 6) is -0.509. The number of carbonyl (C=O) groups excluding carboxylic acids is 1. The lowest BCUT2D eigenvalue weighted by molar-refractivity contribution is -0.140. The highest BCUT2D eigenvalue weighted by Crippen LogP contribution is 2.33. The van der Waals surface area contributed by atoms with Crippen LogP contribution in [0.5, 0.6) is 0 Å². The molecule has 1 amide bonds. The molecule has 1 saturated heterocycles. The summed E-state index contributed by atoms with van der Waals surface area (Å²) in [6, 6.07) is 2.03. The Bertz CT molecular complexity index is 491. The number of amides is 1. The largest absolute Gasteiger partial charge is 0.431 e. The van der Waals surface area contributed by atoms with Crippen molar-refractivity contribution in [1.29, 1.82) is 0 Å². The van der Waals surface area contributed by atoms with Gasteiger partial charge in [-0.15, -0.1) is 0 Å². The average molecular weight is 304 g/mol. The SMILES string of the molecule is CCC1(CNC(=O)c2ccc(C(F)(F)F)[nH]2)CCOCC1. The Labute approximate surface area is 121 Å². The fourth-order valence-corrected chi connectivity index (χ4v) is 2.52. The molecule has 1 aromatic heterocycles. The van der Waals surface area contributed by atoms with E-state index in [1.54, 1.807) is 0 Å². The minimum Gasteiger partial charge on any atom is -0.381 e. The van der Waals surface area contributed by atoms with Crippen molar-refractivity contribution in [3.05, 3.63) is 23.5 Å². The fraction of sp³-hybridized carbons (Fsp3) is 0.643. The van der Waals surface area contributed by atoms with Gasteiger partial charge in [-0.3, -0.25) is 4.79 Å². The maximum Gasteiger partial charge on any atom is 0.431 e. The molecule has 21 heavy (non-hydrogen) atoms. The van der Waals surface area contributed by atoms with Gasteiger partial charge in [0.2, 0.25) is 0 Å². The van der Waals surface area contributed by atoms with Gasteiger partial charge in [-0.05, 0) is 36.8 Å². The summed E-state index contributed by atoms with van der Waals surface area (Å²) in [6.45, 7) is 3.81. The van der Waals surface area contributed by atoms with Crippen LogP contribution in [0.4, 0.5) is 13.2 Å². The highest BCUT2D eigenvalue weighted by Gasteiger charge is 2.34. The number of nitrogens with one attached hydrogen (secondary N) is 2. The molecular formula is C14H19F3N2O2. The number of carbonyl (C=O) groups is 1. The van der Waals surface area contributed by atoms with Gasteiger partial charge in [0.05, 0.1) is 0 Å². The Morgan fingerprint density at radius 3 is 2.57 bits per heavy atom. The topological polar surface area (TPSA) is 54.1 Å². The van der Waals surface area contributed by atoms with E-state index in [-0.39, 0.29) is 11.1 Å². The van der Waals surface area contributed by atoms with Crippen molar-refractivity contribution in [3.63, 3.8) is 0 Å². The van der Waals surface area contributed by atoms with E-state index >= 15 is 0 Å². The molecule has 0 aliphatic carbocycles. The fourth-order valence-electron chi connectivity index (χ4n) is 2.52. The molecular weight excluding hydrogens is 285 g/mol. The summed E-state index contributed by atoms with van der Waals surface area (Å²) < 4.78 is 42.8. The maximum atomic E-state index is 12.5. The van der Waals surface area contributed by atoms with Gasteiger partial charge in [-0.2, -0.15) is 13.2 Å². The molecule has 0 radical (unpaired) electrons. The standard InChI is InChI=1S/C14H19F3N2O2/c1-2-13(5-7-21-8-6-13)9-18-12(20)10-3-4-11(19-10)14(15,16)17/h3-4,19H,2,5-9H2,1H3,(H,18,20). The number of hydrogen-bond acceptors (Lipinski definition) is 2. The first-order valence-corrected chi connectivity index (χ1v) is 6.98. The molecule has 1 aliphatic rings. The first-order valence-electron chi connectivity index (χ1n) is 6.98. The van der Waals surface area contributed by atoms with Gasteiger partial charge < -0.3 is 15.0 Å². The van der Waals surface area contributed by atoms with Gasteiger partial charge in [0.25, 0.3) is 5.91 Å². The van der Waals surface area contributed by atoms with Crippen LogP contribution in [0, 0.1) is 5.41 Å². The van der Waals surface area contributed by atoms with E-state index in [1.807, 2.05) is 6.92 Å². The second-order valence-corrected chi connectivity index (χ2v) is 5.43. The van der Waals surface area contributed by atoms with Crippen LogP contribution in [0.2, 0.25) is 0 Å². The molecule has 1 fully saturated rings. The summed E-state index contributed by atoms with van der Waals surface area (Å²) in [5.41, 5.74) is -1.00. The van der Waals surface area contributed by atoms with Crippen LogP contribution in [0.25, 0.3) is 0 Å². The maximum absolute atomic E-state index is 12.5. The summed E-state index contributed by atoms with van der Waals surface area (Å²) in [7, 11) is 0. The Kier molecular flexibility index (Phi) is 4.61. The molecule has 0 bridgehead atoms. The Hall–Kier alpha value is -1.50. The molecule has 0 spiro atoms. The van der Waals surface area contributed by atoms with Gasteiger partial charge in [0, 0.05) is 19.8 Å². The molecule has 0 atom stereocenters. The molecule has 4 nitrogen and oxygen atoms in total. The molecule has 2 N–H and O–H groups in total. The number of hydrogen-bond donors (Lipinski definition) is 2. The second-order valence-electron chi connectivity index (χ2n) is 5.43. The molecule has 0 aromatic carbocycles. The zero-order chi connectivity index (χ0) is 15.5. The summed E-state index contributed by atoms with van der Waals surface area (Å²) in [5, 5.41) is 2.73. The number of aromatic nitrogens is 1. The summed E-state index contributed by atoms with van der Waals surface area (Å²) in [6.07, 6.45) is -1.87. The van der Waals surface area contributed by atoms with Gasteiger partial charge >= 0.3 is 6.18 Å². The quantitative estimate of drug-likeness (QED) is 0.898. The molecule has 7 heteroatoms. The van der Waals surface area contributed by atoms with Crippen molar-refractivity contribution < 1.29 is 22.7 Å². The molecule has 1 aromatic rings. The third-order valence-corrected chi connectivity index (χ3v) is 4.16. The monoisotopic (exact) mass is 304 g/mol. The number of ether oxygens (including phenoxy) is 1. The normalized spacial score (nSPS) is 18.5. The second kappa shape index (κ2) is 6.09. The number of H-pyrrole nitrogens is 1. The van der Waals surface area contributed by atoms with Crippen LogP contribution >= 0.6 is 0 Å². The van der Waals surface area contributed by atoms with Crippen LogP contribution in [0.1, 0.15) is 42.4 Å². The van der Waals surface area contributed by atoms with Crippen LogP contribution < -0.4 is 5.32 Å². The number of halogens is 3. The van der Waals surface area contributed by atoms with Gasteiger partial charge in [0.1, 0.15) is 11.4 Å². The zero-order valence-corrected chi connectivity index (χ0v) is 11.8. The predicted molar refractivity (Wildman–Crippen MR) is 70.9 cm³/mol. The van der Waals surface area contributed by atoms with Crippen molar-refractivity contribution in [2.24, 2.45) is 5.41 Å². The Morgan fingerprint density at radius 2 is 2.05 bits per heavy atom. The average Bonchev–Trinajstić information content (AvgIpc) is 2.96. The first-order chi connectivity index (χ1) is 9.86. The molecule has 0 unspecified atom stereocenters. The molecule has 2 heterocycles. The molecule has 1 aliphatic heterocycles. The van der Waals surface area contributed by atoms with Gasteiger partial charge in [0.15, 0.2) is 0 Å². The van der Waals surface area contributed by atoms with Crippen molar-refractivity contribution in [2.75, 3.05) is 19.8 Å². The lowest BCUT2D eigenvalue weighted by atomic mass is 9.78. The van der Waals surface area contributed by atoms with E-state index < -0.39 is 17.8 Å². The van der Waals surface area contributed by atoms with E-state index in [9.17, 15) is 18.0 Å². The summed E-state index contributed by atoms with van der Waals surface area (Å²) in [4.78, 5) is 14.1. The van der Waals surface area contributed by atoms with Crippen molar-refractivity contribution in [3.8, 4) is 0 Å². The lowest BCUT2D eigenvalue weighted by Gasteiger charge is -2.36. The predicted octanol–water partition coefficient (Wildman–Crippen LogP) is 2.97. The van der Waals surface area contributed by atoms with E-state index in [2.05, 4.69) is 10.3 Å². The summed E-state index contributed by atoms with van der Waals surface area (Å²) >= 11 is 0. The van der Waals surface area contributed by atoms with E-state index in [1.165, 1.54) is 0 Å². The van der Waals surface area contributed by atoms with E-state index in [0.29, 0.717) is 19.8 Å². The smallest absolute Gasteiger partial charge is 0.381 e. The Balaban J connectivity index is 1.96. The number of aromatic amines is 1.